The zero-order valence-electron chi connectivity index (χ0n) is 11.8. The van der Waals surface area contributed by atoms with Crippen molar-refractivity contribution in [2.75, 3.05) is 19.8 Å². The quantitative estimate of drug-likeness (QED) is 0.802. The minimum Gasteiger partial charge on any atom is -0.381 e. The molecule has 3 atom stereocenters. The van der Waals surface area contributed by atoms with Crippen molar-refractivity contribution in [2.24, 2.45) is 21.8 Å². The molecule has 3 unspecified atom stereocenters. The van der Waals surface area contributed by atoms with Gasteiger partial charge in [0, 0.05) is 24.7 Å². The van der Waals surface area contributed by atoms with E-state index in [2.05, 4.69) is 22.3 Å². The summed E-state index contributed by atoms with van der Waals surface area (Å²) >= 11 is 0. The standard InChI is InChI=1S/C13H19F2N5O/c1-8-2-3-19(7-21)5-9(8)11-4-10(12(14)15)18-13-16-6-17-20(11)13/h4,6,8-9,12-13,21H,2-3,5,7H2,1H3,(H,16,17). The summed E-state index contributed by atoms with van der Waals surface area (Å²) in [5.74, 6) is 0.408. The normalized spacial score (nSPS) is 32.8. The third-order valence-corrected chi connectivity index (χ3v) is 4.32. The number of allylic oxidation sites excluding steroid dienone is 1. The number of nitrogens with one attached hydrogen (secondary N) is 1. The van der Waals surface area contributed by atoms with Crippen molar-refractivity contribution in [3.8, 4) is 0 Å². The van der Waals surface area contributed by atoms with Crippen LogP contribution >= 0.6 is 0 Å². The summed E-state index contributed by atoms with van der Waals surface area (Å²) in [6.45, 7) is 3.56. The van der Waals surface area contributed by atoms with Crippen LogP contribution in [-0.2, 0) is 0 Å². The lowest BCUT2D eigenvalue weighted by molar-refractivity contribution is 0.0425. The fourth-order valence-electron chi connectivity index (χ4n) is 3.04. The molecule has 1 saturated heterocycles. The van der Waals surface area contributed by atoms with Gasteiger partial charge in [0.2, 0.25) is 6.29 Å². The second kappa shape index (κ2) is 5.69. The van der Waals surface area contributed by atoms with Crippen LogP contribution in [0.1, 0.15) is 13.3 Å². The second-order valence-electron chi connectivity index (χ2n) is 5.64. The molecule has 1 fully saturated rings. The molecule has 6 nitrogen and oxygen atoms in total. The summed E-state index contributed by atoms with van der Waals surface area (Å²) in [5, 5.41) is 11.1. The Hall–Kier alpha value is -1.54. The summed E-state index contributed by atoms with van der Waals surface area (Å²) in [7, 11) is 0. The van der Waals surface area contributed by atoms with Crippen LogP contribution in [0.2, 0.25) is 0 Å². The van der Waals surface area contributed by atoms with Crippen LogP contribution in [0.15, 0.2) is 21.8 Å². The number of hydrazine groups is 1. The number of aliphatic hydroxyl groups excluding tert-OH is 1. The molecule has 21 heavy (non-hydrogen) atoms. The Kier molecular flexibility index (Phi) is 3.90. The smallest absolute Gasteiger partial charge is 0.280 e. The van der Waals surface area contributed by atoms with E-state index in [9.17, 15) is 13.9 Å². The molecule has 116 valence electrons. The van der Waals surface area contributed by atoms with Crippen LogP contribution < -0.4 is 5.43 Å². The van der Waals surface area contributed by atoms with E-state index in [0.29, 0.717) is 12.5 Å². The van der Waals surface area contributed by atoms with Crippen molar-refractivity contribution in [2.45, 2.75) is 26.1 Å². The fraction of sp³-hybridized carbons (Fsp3) is 0.692. The van der Waals surface area contributed by atoms with E-state index >= 15 is 0 Å². The van der Waals surface area contributed by atoms with Gasteiger partial charge in [0.15, 0.2) is 0 Å². The number of piperidine rings is 1. The highest BCUT2D eigenvalue weighted by molar-refractivity contribution is 5.99. The number of alkyl halides is 2. The maximum Gasteiger partial charge on any atom is 0.280 e. The highest BCUT2D eigenvalue weighted by atomic mass is 19.3. The maximum absolute atomic E-state index is 13.0. The van der Waals surface area contributed by atoms with E-state index in [4.69, 9.17) is 0 Å². The summed E-state index contributed by atoms with van der Waals surface area (Å²) in [5.41, 5.74) is 3.51. The Morgan fingerprint density at radius 1 is 1.52 bits per heavy atom. The molecular weight excluding hydrogens is 280 g/mol. The van der Waals surface area contributed by atoms with E-state index in [1.165, 1.54) is 12.4 Å². The third-order valence-electron chi connectivity index (χ3n) is 4.32. The highest BCUT2D eigenvalue weighted by Crippen LogP contribution is 2.34. The van der Waals surface area contributed by atoms with Crippen LogP contribution in [0, 0.1) is 11.8 Å². The number of nitrogens with zero attached hydrogens (tertiary/aromatic N) is 4. The zero-order chi connectivity index (χ0) is 15.0. The number of rotatable bonds is 3. The highest BCUT2D eigenvalue weighted by Gasteiger charge is 2.37. The van der Waals surface area contributed by atoms with Gasteiger partial charge in [0.25, 0.3) is 6.43 Å². The van der Waals surface area contributed by atoms with Gasteiger partial charge in [-0.15, -0.1) is 0 Å². The Bertz CT molecular complexity index is 493. The van der Waals surface area contributed by atoms with E-state index in [1.807, 2.05) is 4.90 Å². The molecule has 3 heterocycles. The first kappa shape index (κ1) is 14.4. The minimum absolute atomic E-state index is 0.0142. The molecule has 0 bridgehead atoms. The number of aliphatic hydroxyl groups is 1. The van der Waals surface area contributed by atoms with E-state index < -0.39 is 12.7 Å². The first-order chi connectivity index (χ1) is 10.1. The molecule has 0 aliphatic carbocycles. The molecule has 0 spiro atoms. The number of aliphatic imine (C=N–C) groups is 2. The predicted molar refractivity (Wildman–Crippen MR) is 74.7 cm³/mol. The van der Waals surface area contributed by atoms with Crippen LogP contribution in [0.3, 0.4) is 0 Å². The fourth-order valence-corrected chi connectivity index (χ4v) is 3.04. The number of halogens is 2. The second-order valence-corrected chi connectivity index (χ2v) is 5.64. The first-order valence-electron chi connectivity index (χ1n) is 7.08. The molecule has 0 radical (unpaired) electrons. The van der Waals surface area contributed by atoms with Gasteiger partial charge in [-0.1, -0.05) is 6.92 Å². The maximum atomic E-state index is 13.0. The summed E-state index contributed by atoms with van der Waals surface area (Å²) < 4.78 is 26.1. The molecule has 0 saturated carbocycles. The summed E-state index contributed by atoms with van der Waals surface area (Å²) in [6, 6.07) is 0. The molecule has 0 amide bonds. The molecule has 2 N–H and O–H groups in total. The van der Waals surface area contributed by atoms with Crippen molar-refractivity contribution in [1.29, 1.82) is 0 Å². The van der Waals surface area contributed by atoms with Gasteiger partial charge in [-0.05, 0) is 18.4 Å². The topological polar surface area (TPSA) is 63.5 Å². The van der Waals surface area contributed by atoms with E-state index in [1.54, 1.807) is 5.01 Å². The molecule has 3 aliphatic heterocycles. The summed E-state index contributed by atoms with van der Waals surface area (Å²) in [4.78, 5) is 9.93. The Morgan fingerprint density at radius 3 is 3.05 bits per heavy atom. The molecule has 0 aromatic rings. The summed E-state index contributed by atoms with van der Waals surface area (Å²) in [6.07, 6.45) is 0.610. The van der Waals surface area contributed by atoms with Crippen LogP contribution in [0.25, 0.3) is 0 Å². The Morgan fingerprint density at radius 2 is 2.33 bits per heavy atom. The largest absolute Gasteiger partial charge is 0.381 e. The predicted octanol–water partition coefficient (Wildman–Crippen LogP) is 0.630. The molecular formula is C13H19F2N5O. The van der Waals surface area contributed by atoms with E-state index in [-0.39, 0.29) is 18.4 Å². The van der Waals surface area contributed by atoms with Gasteiger partial charge in [0.05, 0.1) is 6.73 Å². The lowest BCUT2D eigenvalue weighted by Crippen LogP contribution is -2.49. The van der Waals surface area contributed by atoms with E-state index in [0.717, 1.165) is 18.7 Å². The van der Waals surface area contributed by atoms with Crippen molar-refractivity contribution >= 4 is 12.1 Å². The number of fused-ring (bicyclic) bond motifs is 1. The minimum atomic E-state index is -2.61. The first-order valence-corrected chi connectivity index (χ1v) is 7.08. The molecule has 0 aromatic carbocycles. The van der Waals surface area contributed by atoms with Gasteiger partial charge in [-0.25, -0.2) is 23.8 Å². The van der Waals surface area contributed by atoms with Crippen LogP contribution in [-0.4, -0.2) is 59.6 Å². The number of hydrogen-bond acceptors (Lipinski definition) is 6. The van der Waals surface area contributed by atoms with Gasteiger partial charge in [-0.3, -0.25) is 10.3 Å². The van der Waals surface area contributed by atoms with Crippen molar-refractivity contribution < 1.29 is 13.9 Å². The van der Waals surface area contributed by atoms with Gasteiger partial charge in [0.1, 0.15) is 12.1 Å². The van der Waals surface area contributed by atoms with Crippen molar-refractivity contribution in [3.05, 3.63) is 11.8 Å². The Labute approximate surface area is 121 Å². The molecule has 8 heteroatoms. The molecule has 0 aromatic heterocycles. The van der Waals surface area contributed by atoms with Crippen LogP contribution in [0.4, 0.5) is 8.78 Å². The lowest BCUT2D eigenvalue weighted by atomic mass is 9.83. The lowest BCUT2D eigenvalue weighted by Gasteiger charge is -2.41. The number of hydrogen-bond donors (Lipinski definition) is 2. The Balaban J connectivity index is 1.89. The molecule has 3 rings (SSSR count). The van der Waals surface area contributed by atoms with Crippen molar-refractivity contribution in [1.82, 2.24) is 15.3 Å². The molecule has 3 aliphatic rings. The van der Waals surface area contributed by atoms with Crippen molar-refractivity contribution in [3.63, 3.8) is 0 Å². The van der Waals surface area contributed by atoms with Gasteiger partial charge < -0.3 is 5.11 Å². The average molecular weight is 299 g/mol. The third kappa shape index (κ3) is 2.65. The van der Waals surface area contributed by atoms with Gasteiger partial charge >= 0.3 is 0 Å². The SMILES string of the molecule is CC1CCN(CO)CC1C1=CC(C(F)F)=NC2N=CNN12. The number of likely N-dealkylation sites (tertiary alicyclic amines) is 1. The monoisotopic (exact) mass is 299 g/mol. The zero-order valence-corrected chi connectivity index (χ0v) is 11.8. The van der Waals surface area contributed by atoms with Gasteiger partial charge in [-0.2, -0.15) is 0 Å². The average Bonchev–Trinajstić information content (AvgIpc) is 2.95. The van der Waals surface area contributed by atoms with Crippen LogP contribution in [0.5, 0.6) is 0 Å².